The van der Waals surface area contributed by atoms with Gasteiger partial charge in [0.05, 0.1) is 5.54 Å². The number of unbranched alkanes of at least 4 members (excludes halogenated alkanes) is 4. The summed E-state index contributed by atoms with van der Waals surface area (Å²) in [6.45, 7) is 6.56. The third-order valence-corrected chi connectivity index (χ3v) is 2.91. The second kappa shape index (κ2) is 7.95. The third-order valence-electron chi connectivity index (χ3n) is 2.91. The first kappa shape index (κ1) is 13.6. The zero-order valence-electron chi connectivity index (χ0n) is 10.1. The first-order valence-corrected chi connectivity index (χ1v) is 6.07. The van der Waals surface area contributed by atoms with Gasteiger partial charge in [-0.2, -0.15) is 5.11 Å². The average molecular weight is 198 g/mol. The summed E-state index contributed by atoms with van der Waals surface area (Å²) in [5.74, 6) is 0. The maximum Gasteiger partial charge on any atom is 0.0785 e. The smallest absolute Gasteiger partial charge is 0.0785 e. The highest BCUT2D eigenvalue weighted by atomic mass is 15.0. The predicted molar refractivity (Wildman–Crippen MR) is 61.8 cm³/mol. The molecule has 14 heavy (non-hydrogen) atoms. The van der Waals surface area contributed by atoms with E-state index in [-0.39, 0.29) is 5.54 Å². The molecule has 0 bridgehead atoms. The molecule has 0 aromatic carbocycles. The van der Waals surface area contributed by atoms with Crippen LogP contribution in [0.1, 0.15) is 72.1 Å². The largest absolute Gasteiger partial charge is 0.209 e. The first-order valence-electron chi connectivity index (χ1n) is 6.07. The Balaban J connectivity index is 3.73. The zero-order chi connectivity index (χ0) is 10.9. The van der Waals surface area contributed by atoms with E-state index >= 15 is 0 Å². The van der Waals surface area contributed by atoms with Crippen LogP contribution in [0.2, 0.25) is 0 Å². The van der Waals surface area contributed by atoms with E-state index in [9.17, 15) is 0 Å². The molecule has 0 saturated carbocycles. The molecule has 0 aromatic rings. The van der Waals surface area contributed by atoms with E-state index < -0.39 is 0 Å². The summed E-state index contributed by atoms with van der Waals surface area (Å²) < 4.78 is 0. The number of hydrogen-bond acceptors (Lipinski definition) is 2. The highest BCUT2D eigenvalue weighted by Gasteiger charge is 2.21. The van der Waals surface area contributed by atoms with Gasteiger partial charge in [0.2, 0.25) is 0 Å². The molecule has 0 heterocycles. The molecule has 0 rings (SSSR count). The highest BCUT2D eigenvalue weighted by molar-refractivity contribution is 4.80. The van der Waals surface area contributed by atoms with Gasteiger partial charge in [-0.15, -0.1) is 0 Å². The van der Waals surface area contributed by atoms with E-state index in [4.69, 9.17) is 5.53 Å². The summed E-state index contributed by atoms with van der Waals surface area (Å²) in [4.78, 5) is 0. The molecule has 0 aliphatic heterocycles. The fourth-order valence-electron chi connectivity index (χ4n) is 1.75. The minimum atomic E-state index is -0.0651. The maximum absolute atomic E-state index is 7.25. The molecule has 0 aromatic heterocycles. The van der Waals surface area contributed by atoms with Crippen molar-refractivity contribution in [2.75, 3.05) is 0 Å². The van der Waals surface area contributed by atoms with E-state index in [0.29, 0.717) is 0 Å². The Kier molecular flexibility index (Phi) is 7.73. The zero-order valence-corrected chi connectivity index (χ0v) is 10.1. The van der Waals surface area contributed by atoms with Gasteiger partial charge in [0, 0.05) is 0 Å². The van der Waals surface area contributed by atoms with Crippen LogP contribution in [0.3, 0.4) is 0 Å². The molecular formula is C12H26N2. The number of nitrogens with one attached hydrogen (secondary N) is 1. The van der Waals surface area contributed by atoms with Gasteiger partial charge in [-0.1, -0.05) is 52.4 Å². The van der Waals surface area contributed by atoms with Crippen LogP contribution in [-0.4, -0.2) is 5.54 Å². The topological polar surface area (TPSA) is 36.2 Å². The van der Waals surface area contributed by atoms with Crippen molar-refractivity contribution >= 4 is 0 Å². The number of nitrogens with zero attached hydrogens (tertiary/aromatic N) is 1. The average Bonchev–Trinajstić information content (AvgIpc) is 2.19. The van der Waals surface area contributed by atoms with Crippen molar-refractivity contribution in [2.24, 2.45) is 5.11 Å². The van der Waals surface area contributed by atoms with Gasteiger partial charge >= 0.3 is 0 Å². The molecule has 0 aliphatic rings. The Morgan fingerprint density at radius 1 is 0.929 bits per heavy atom. The molecule has 0 fully saturated rings. The Hall–Kier alpha value is -0.400. The lowest BCUT2D eigenvalue weighted by atomic mass is 9.89. The van der Waals surface area contributed by atoms with Crippen LogP contribution in [0.25, 0.3) is 0 Å². The summed E-state index contributed by atoms with van der Waals surface area (Å²) in [5, 5.41) is 3.81. The van der Waals surface area contributed by atoms with Crippen molar-refractivity contribution in [3.8, 4) is 0 Å². The van der Waals surface area contributed by atoms with Crippen molar-refractivity contribution in [1.82, 2.24) is 0 Å². The van der Waals surface area contributed by atoms with Crippen molar-refractivity contribution in [3.63, 3.8) is 0 Å². The molecule has 0 unspecified atom stereocenters. The van der Waals surface area contributed by atoms with Crippen LogP contribution in [0.4, 0.5) is 0 Å². The van der Waals surface area contributed by atoms with Crippen LogP contribution in [0.15, 0.2) is 5.11 Å². The molecule has 84 valence electrons. The molecule has 0 saturated heterocycles. The SMILES string of the molecule is CCCCCC(C)(CCCCC)N=N. The first-order chi connectivity index (χ1) is 6.68. The van der Waals surface area contributed by atoms with E-state index in [1.54, 1.807) is 0 Å². The summed E-state index contributed by atoms with van der Waals surface area (Å²) >= 11 is 0. The third kappa shape index (κ3) is 6.11. The molecule has 0 aliphatic carbocycles. The van der Waals surface area contributed by atoms with Gasteiger partial charge < -0.3 is 0 Å². The molecule has 0 amide bonds. The Labute approximate surface area is 89.0 Å². The van der Waals surface area contributed by atoms with Gasteiger partial charge in [0.25, 0.3) is 0 Å². The number of hydrogen-bond donors (Lipinski definition) is 1. The number of rotatable bonds is 9. The standard InChI is InChI=1S/C12H26N2/c1-4-6-8-10-12(3,14-13)11-9-7-5-2/h13H,4-11H2,1-3H3. The van der Waals surface area contributed by atoms with Crippen LogP contribution in [-0.2, 0) is 0 Å². The highest BCUT2D eigenvalue weighted by Crippen LogP contribution is 2.25. The Morgan fingerprint density at radius 3 is 1.64 bits per heavy atom. The van der Waals surface area contributed by atoms with Crippen molar-refractivity contribution < 1.29 is 0 Å². The summed E-state index contributed by atoms with van der Waals surface area (Å²) in [5.41, 5.74) is 7.19. The Morgan fingerprint density at radius 2 is 1.36 bits per heavy atom. The molecule has 0 spiro atoms. The van der Waals surface area contributed by atoms with Crippen LogP contribution >= 0.6 is 0 Å². The van der Waals surface area contributed by atoms with E-state index in [0.717, 1.165) is 12.8 Å². The van der Waals surface area contributed by atoms with E-state index in [2.05, 4.69) is 25.9 Å². The van der Waals surface area contributed by atoms with Crippen LogP contribution in [0, 0.1) is 5.53 Å². The lowest BCUT2D eigenvalue weighted by Crippen LogP contribution is -2.20. The van der Waals surface area contributed by atoms with Crippen LogP contribution in [0.5, 0.6) is 0 Å². The minimum absolute atomic E-state index is 0.0651. The lowest BCUT2D eigenvalue weighted by molar-refractivity contribution is 0.350. The van der Waals surface area contributed by atoms with Crippen molar-refractivity contribution in [2.45, 2.75) is 77.7 Å². The quantitative estimate of drug-likeness (QED) is 0.402. The summed E-state index contributed by atoms with van der Waals surface area (Å²) in [6, 6.07) is 0. The van der Waals surface area contributed by atoms with Gasteiger partial charge in [0.1, 0.15) is 0 Å². The molecule has 0 radical (unpaired) electrons. The molecule has 1 N–H and O–H groups in total. The van der Waals surface area contributed by atoms with Crippen molar-refractivity contribution in [3.05, 3.63) is 0 Å². The summed E-state index contributed by atoms with van der Waals surface area (Å²) in [7, 11) is 0. The van der Waals surface area contributed by atoms with Gasteiger partial charge in [-0.05, 0) is 19.8 Å². The second-order valence-electron chi connectivity index (χ2n) is 4.52. The predicted octanol–water partition coefficient (Wildman–Crippen LogP) is 4.94. The van der Waals surface area contributed by atoms with Gasteiger partial charge in [-0.3, -0.25) is 0 Å². The van der Waals surface area contributed by atoms with Crippen LogP contribution < -0.4 is 0 Å². The van der Waals surface area contributed by atoms with Gasteiger partial charge in [0.15, 0.2) is 0 Å². The molecule has 0 atom stereocenters. The normalized spacial score (nSPS) is 11.6. The maximum atomic E-state index is 7.25. The summed E-state index contributed by atoms with van der Waals surface area (Å²) in [6.07, 6.45) is 9.69. The minimum Gasteiger partial charge on any atom is -0.209 e. The molecule has 2 heteroatoms. The van der Waals surface area contributed by atoms with E-state index in [1.807, 2.05) is 0 Å². The van der Waals surface area contributed by atoms with Gasteiger partial charge in [-0.25, -0.2) is 5.53 Å². The second-order valence-corrected chi connectivity index (χ2v) is 4.52. The van der Waals surface area contributed by atoms with Crippen molar-refractivity contribution in [1.29, 1.82) is 5.53 Å². The Bertz CT molecular complexity index is 133. The van der Waals surface area contributed by atoms with E-state index in [1.165, 1.54) is 38.5 Å². The molecule has 2 nitrogen and oxygen atoms in total. The lowest BCUT2D eigenvalue weighted by Gasteiger charge is -2.22. The monoisotopic (exact) mass is 198 g/mol. The molecular weight excluding hydrogens is 172 g/mol. The fourth-order valence-corrected chi connectivity index (χ4v) is 1.75. The fraction of sp³-hybridized carbons (Fsp3) is 1.00.